The summed E-state index contributed by atoms with van der Waals surface area (Å²) in [5, 5.41) is 0. The first-order valence-electron chi connectivity index (χ1n) is 4.74. The molecule has 1 aliphatic heterocycles. The molecule has 62 valence electrons. The summed E-state index contributed by atoms with van der Waals surface area (Å²) in [5.74, 6) is 0.834. The van der Waals surface area contributed by atoms with Crippen LogP contribution in [0, 0.1) is 11.3 Å². The first-order valence-corrected chi connectivity index (χ1v) is 4.74. The van der Waals surface area contributed by atoms with Gasteiger partial charge in [0.1, 0.15) is 0 Å². The third-order valence-electron chi connectivity index (χ3n) is 3.16. The average Bonchev–Trinajstić information content (AvgIpc) is 2.70. The van der Waals surface area contributed by atoms with Gasteiger partial charge in [-0.05, 0) is 31.6 Å². The van der Waals surface area contributed by atoms with Gasteiger partial charge in [0.25, 0.3) is 0 Å². The van der Waals surface area contributed by atoms with Crippen molar-refractivity contribution in [2.24, 2.45) is 16.3 Å². The second kappa shape index (κ2) is 2.33. The molecule has 0 aromatic heterocycles. The van der Waals surface area contributed by atoms with Crippen molar-refractivity contribution in [1.29, 1.82) is 0 Å². The summed E-state index contributed by atoms with van der Waals surface area (Å²) in [7, 11) is 0. The molecule has 1 heteroatoms. The first-order chi connectivity index (χ1) is 5.21. The standard InChI is InChI=1S/C10H17N/c1-8-3-4-9(11-7-8)10(2)5-6-10/h8H,3-7H2,1-2H3/t8-/m0/s1. The Labute approximate surface area is 68.9 Å². The summed E-state index contributed by atoms with van der Waals surface area (Å²) in [6.45, 7) is 5.75. The molecule has 0 saturated heterocycles. The maximum atomic E-state index is 4.66. The Bertz CT molecular complexity index is 189. The van der Waals surface area contributed by atoms with Crippen LogP contribution in [0.15, 0.2) is 4.99 Å². The molecule has 2 rings (SSSR count). The molecule has 0 aromatic rings. The van der Waals surface area contributed by atoms with Crippen molar-refractivity contribution in [2.75, 3.05) is 6.54 Å². The summed E-state index contributed by atoms with van der Waals surface area (Å²) in [6, 6.07) is 0. The summed E-state index contributed by atoms with van der Waals surface area (Å²) in [4.78, 5) is 4.66. The van der Waals surface area contributed by atoms with E-state index >= 15 is 0 Å². The van der Waals surface area contributed by atoms with Gasteiger partial charge in [-0.3, -0.25) is 4.99 Å². The van der Waals surface area contributed by atoms with E-state index in [0.29, 0.717) is 5.41 Å². The van der Waals surface area contributed by atoms with Crippen molar-refractivity contribution in [3.05, 3.63) is 0 Å². The van der Waals surface area contributed by atoms with E-state index in [0.717, 1.165) is 12.5 Å². The fourth-order valence-corrected chi connectivity index (χ4v) is 1.79. The van der Waals surface area contributed by atoms with Gasteiger partial charge in [0.05, 0.1) is 0 Å². The van der Waals surface area contributed by atoms with Crippen LogP contribution >= 0.6 is 0 Å². The van der Waals surface area contributed by atoms with Crippen molar-refractivity contribution in [3.63, 3.8) is 0 Å². The predicted octanol–water partition coefficient (Wildman–Crippen LogP) is 2.66. The van der Waals surface area contributed by atoms with Crippen molar-refractivity contribution < 1.29 is 0 Å². The van der Waals surface area contributed by atoms with E-state index in [-0.39, 0.29) is 0 Å². The van der Waals surface area contributed by atoms with Crippen LogP contribution in [-0.4, -0.2) is 12.3 Å². The fourth-order valence-electron chi connectivity index (χ4n) is 1.79. The Morgan fingerprint density at radius 3 is 2.64 bits per heavy atom. The minimum atomic E-state index is 0.556. The molecule has 1 heterocycles. The Morgan fingerprint density at radius 1 is 1.45 bits per heavy atom. The highest BCUT2D eigenvalue weighted by Crippen LogP contribution is 2.48. The lowest BCUT2D eigenvalue weighted by Crippen LogP contribution is -2.20. The van der Waals surface area contributed by atoms with E-state index in [1.54, 1.807) is 0 Å². The number of hydrogen-bond donors (Lipinski definition) is 0. The summed E-state index contributed by atoms with van der Waals surface area (Å²) in [5.41, 5.74) is 2.08. The Hall–Kier alpha value is -0.330. The van der Waals surface area contributed by atoms with E-state index in [9.17, 15) is 0 Å². The van der Waals surface area contributed by atoms with E-state index < -0.39 is 0 Å². The van der Waals surface area contributed by atoms with Crippen LogP contribution in [0.2, 0.25) is 0 Å². The molecule has 0 aromatic carbocycles. The van der Waals surface area contributed by atoms with E-state index in [4.69, 9.17) is 0 Å². The van der Waals surface area contributed by atoms with Gasteiger partial charge in [-0.15, -0.1) is 0 Å². The third kappa shape index (κ3) is 1.33. The topological polar surface area (TPSA) is 12.4 Å². The first kappa shape index (κ1) is 7.33. The predicted molar refractivity (Wildman–Crippen MR) is 48.0 cm³/mol. The lowest BCUT2D eigenvalue weighted by Gasteiger charge is -2.21. The Balaban J connectivity index is 2.05. The maximum absolute atomic E-state index is 4.66. The lowest BCUT2D eigenvalue weighted by atomic mass is 9.91. The van der Waals surface area contributed by atoms with Crippen LogP contribution in [0.5, 0.6) is 0 Å². The van der Waals surface area contributed by atoms with Crippen molar-refractivity contribution in [1.82, 2.24) is 0 Å². The molecule has 1 aliphatic carbocycles. The van der Waals surface area contributed by atoms with Crippen molar-refractivity contribution in [2.45, 2.75) is 39.5 Å². The van der Waals surface area contributed by atoms with Gasteiger partial charge in [-0.1, -0.05) is 13.8 Å². The smallest absolute Gasteiger partial charge is 0.0414 e. The molecule has 0 N–H and O–H groups in total. The van der Waals surface area contributed by atoms with Gasteiger partial charge >= 0.3 is 0 Å². The second-order valence-electron chi connectivity index (χ2n) is 4.49. The average molecular weight is 151 g/mol. The molecule has 2 aliphatic rings. The highest BCUT2D eigenvalue weighted by Gasteiger charge is 2.42. The van der Waals surface area contributed by atoms with Crippen LogP contribution in [0.1, 0.15) is 39.5 Å². The largest absolute Gasteiger partial charge is 0.293 e. The van der Waals surface area contributed by atoms with Gasteiger partial charge in [0.2, 0.25) is 0 Å². The third-order valence-corrected chi connectivity index (χ3v) is 3.16. The maximum Gasteiger partial charge on any atom is 0.0414 e. The quantitative estimate of drug-likeness (QED) is 0.546. The highest BCUT2D eigenvalue weighted by molar-refractivity contribution is 5.92. The van der Waals surface area contributed by atoms with E-state index in [1.165, 1.54) is 31.4 Å². The molecule has 1 atom stereocenters. The number of rotatable bonds is 1. The highest BCUT2D eigenvalue weighted by atomic mass is 14.8. The van der Waals surface area contributed by atoms with Crippen LogP contribution in [-0.2, 0) is 0 Å². The van der Waals surface area contributed by atoms with Crippen LogP contribution in [0.3, 0.4) is 0 Å². The molecular formula is C10H17N. The molecule has 0 bridgehead atoms. The van der Waals surface area contributed by atoms with Crippen molar-refractivity contribution in [3.8, 4) is 0 Å². The van der Waals surface area contributed by atoms with E-state index in [1.807, 2.05) is 0 Å². The minimum absolute atomic E-state index is 0.556. The number of aliphatic imine (C=N–C) groups is 1. The summed E-state index contributed by atoms with van der Waals surface area (Å²) < 4.78 is 0. The molecule has 1 fully saturated rings. The Morgan fingerprint density at radius 2 is 2.18 bits per heavy atom. The summed E-state index contributed by atoms with van der Waals surface area (Å²) >= 11 is 0. The molecule has 0 radical (unpaired) electrons. The van der Waals surface area contributed by atoms with Gasteiger partial charge < -0.3 is 0 Å². The Kier molecular flexibility index (Phi) is 1.55. The molecule has 0 spiro atoms. The minimum Gasteiger partial charge on any atom is -0.293 e. The molecule has 1 saturated carbocycles. The molecule has 0 amide bonds. The lowest BCUT2D eigenvalue weighted by molar-refractivity contribution is 0.521. The van der Waals surface area contributed by atoms with Crippen LogP contribution < -0.4 is 0 Å². The van der Waals surface area contributed by atoms with Gasteiger partial charge in [-0.2, -0.15) is 0 Å². The second-order valence-corrected chi connectivity index (χ2v) is 4.49. The number of hydrogen-bond acceptors (Lipinski definition) is 1. The van der Waals surface area contributed by atoms with Gasteiger partial charge in [0.15, 0.2) is 0 Å². The molecule has 11 heavy (non-hydrogen) atoms. The zero-order valence-corrected chi connectivity index (χ0v) is 7.56. The normalized spacial score (nSPS) is 34.7. The SMILES string of the molecule is C[C@H]1CCC(C2(C)CC2)=NC1. The molecule has 1 nitrogen and oxygen atoms in total. The van der Waals surface area contributed by atoms with E-state index in [2.05, 4.69) is 18.8 Å². The fraction of sp³-hybridized carbons (Fsp3) is 0.900. The summed E-state index contributed by atoms with van der Waals surface area (Å²) in [6.07, 6.45) is 5.42. The van der Waals surface area contributed by atoms with Crippen LogP contribution in [0.4, 0.5) is 0 Å². The zero-order valence-electron chi connectivity index (χ0n) is 7.56. The monoisotopic (exact) mass is 151 g/mol. The van der Waals surface area contributed by atoms with Gasteiger partial charge in [-0.25, -0.2) is 0 Å². The van der Waals surface area contributed by atoms with Crippen LogP contribution in [0.25, 0.3) is 0 Å². The molecule has 0 unspecified atom stereocenters. The number of nitrogens with zero attached hydrogens (tertiary/aromatic N) is 1. The zero-order chi connectivity index (χ0) is 7.90. The van der Waals surface area contributed by atoms with Crippen molar-refractivity contribution >= 4 is 5.71 Å². The molecular weight excluding hydrogens is 134 g/mol. The van der Waals surface area contributed by atoms with Gasteiger partial charge in [0, 0.05) is 17.7 Å².